The molecule has 35 heavy (non-hydrogen) atoms. The molecule has 0 aliphatic carbocycles. The zero-order chi connectivity index (χ0) is 24.8. The Kier molecular flexibility index (Phi) is 7.52. The average molecular weight is 486 g/mol. The summed E-state index contributed by atoms with van der Waals surface area (Å²) in [6.07, 6.45) is 0.330. The van der Waals surface area contributed by atoms with E-state index in [2.05, 4.69) is 26.1 Å². The number of aryl methyl sites for hydroxylation is 3. The Bertz CT molecular complexity index is 1320. The van der Waals surface area contributed by atoms with Crippen LogP contribution in [0.3, 0.4) is 0 Å². The Balaban J connectivity index is 1.50. The second-order valence-electron chi connectivity index (χ2n) is 8.38. The summed E-state index contributed by atoms with van der Waals surface area (Å²) in [5, 5.41) is 18.0. The molecule has 4 rings (SSSR count). The smallest absolute Gasteiger partial charge is 0.319 e. The first-order chi connectivity index (χ1) is 16.9. The van der Waals surface area contributed by atoms with Crippen LogP contribution in [0.25, 0.3) is 10.6 Å². The molecule has 178 valence electrons. The summed E-state index contributed by atoms with van der Waals surface area (Å²) in [5.41, 5.74) is 5.61. The monoisotopic (exact) mass is 485 g/mol. The van der Waals surface area contributed by atoms with Crippen LogP contribution < -0.4 is 16.0 Å². The van der Waals surface area contributed by atoms with Gasteiger partial charge in [-0.3, -0.25) is 10.1 Å². The van der Waals surface area contributed by atoms with Crippen LogP contribution in [0.4, 0.5) is 15.6 Å². The van der Waals surface area contributed by atoms with Crippen molar-refractivity contribution in [1.29, 1.82) is 0 Å². The highest BCUT2D eigenvalue weighted by Gasteiger charge is 2.23. The first-order valence-electron chi connectivity index (χ1n) is 11.3. The van der Waals surface area contributed by atoms with Gasteiger partial charge in [-0.1, -0.05) is 83.6 Å². The Morgan fingerprint density at radius 1 is 0.857 bits per heavy atom. The van der Waals surface area contributed by atoms with E-state index in [-0.39, 0.29) is 5.91 Å². The van der Waals surface area contributed by atoms with Crippen LogP contribution >= 0.6 is 11.3 Å². The predicted molar refractivity (Wildman–Crippen MR) is 141 cm³/mol. The number of hydrogen-bond donors (Lipinski definition) is 3. The van der Waals surface area contributed by atoms with Crippen molar-refractivity contribution >= 4 is 34.1 Å². The Labute approximate surface area is 208 Å². The highest BCUT2D eigenvalue weighted by Crippen LogP contribution is 2.27. The van der Waals surface area contributed by atoms with Crippen LogP contribution in [0, 0.1) is 20.8 Å². The number of carbonyl (C=O) groups excluding carboxylic acids is 2. The topological polar surface area (TPSA) is 96.0 Å². The maximum absolute atomic E-state index is 13.2. The summed E-state index contributed by atoms with van der Waals surface area (Å²) in [6, 6.07) is 22.0. The van der Waals surface area contributed by atoms with Crippen molar-refractivity contribution in [2.24, 2.45) is 0 Å². The lowest BCUT2D eigenvalue weighted by molar-refractivity contribution is -0.117. The fraction of sp³-hybridized carbons (Fsp3) is 0.185. The Hall–Kier alpha value is -4.04. The number of para-hydroxylation sites is 1. The highest BCUT2D eigenvalue weighted by molar-refractivity contribution is 7.18. The minimum absolute atomic E-state index is 0.330. The van der Waals surface area contributed by atoms with E-state index < -0.39 is 12.1 Å². The molecular formula is C27H27N5O2S. The molecule has 4 aromatic rings. The molecule has 8 heteroatoms. The number of amides is 3. The predicted octanol–water partition coefficient (Wildman–Crippen LogP) is 5.50. The van der Waals surface area contributed by atoms with Gasteiger partial charge >= 0.3 is 6.03 Å². The summed E-state index contributed by atoms with van der Waals surface area (Å²) in [4.78, 5) is 26.1. The molecule has 1 aromatic heterocycles. The van der Waals surface area contributed by atoms with Gasteiger partial charge < -0.3 is 10.6 Å². The summed E-state index contributed by atoms with van der Waals surface area (Å²) in [5.74, 6) is -0.363. The standard InChI is InChI=1S/C27H27N5O2S/c1-17-9-7-14-21(15-17)25-31-32-27(35-25)30-24(33)22(16-20-12-5-4-6-13-20)28-26(34)29-23-18(2)10-8-11-19(23)3/h4-15,22H,16H2,1-3H3,(H2,28,29,34)(H,30,32,33)/t22-/m0/s1. The van der Waals surface area contributed by atoms with Crippen LogP contribution in [0.1, 0.15) is 22.3 Å². The van der Waals surface area contributed by atoms with E-state index in [1.807, 2.05) is 93.6 Å². The van der Waals surface area contributed by atoms with Gasteiger partial charge in [0, 0.05) is 17.7 Å². The molecule has 0 aliphatic rings. The lowest BCUT2D eigenvalue weighted by Crippen LogP contribution is -2.47. The van der Waals surface area contributed by atoms with Crippen molar-refractivity contribution < 1.29 is 9.59 Å². The number of nitrogens with zero attached hydrogens (tertiary/aromatic N) is 2. The molecule has 0 fully saturated rings. The second-order valence-corrected chi connectivity index (χ2v) is 9.36. The van der Waals surface area contributed by atoms with Crippen molar-refractivity contribution in [3.8, 4) is 10.6 Å². The average Bonchev–Trinajstić information content (AvgIpc) is 3.30. The van der Waals surface area contributed by atoms with E-state index in [1.165, 1.54) is 11.3 Å². The SMILES string of the molecule is Cc1cccc(-c2nnc(NC(=O)[C@H](Cc3ccccc3)NC(=O)Nc3c(C)cccc3C)s2)c1. The van der Waals surface area contributed by atoms with Crippen molar-refractivity contribution in [1.82, 2.24) is 15.5 Å². The summed E-state index contributed by atoms with van der Waals surface area (Å²) in [7, 11) is 0. The first-order valence-corrected chi connectivity index (χ1v) is 12.1. The third-order valence-electron chi connectivity index (χ3n) is 5.54. The van der Waals surface area contributed by atoms with Gasteiger partial charge in [0.05, 0.1) is 0 Å². The molecule has 3 amide bonds. The molecule has 1 heterocycles. The Morgan fingerprint density at radius 3 is 2.29 bits per heavy atom. The van der Waals surface area contributed by atoms with Gasteiger partial charge in [-0.25, -0.2) is 4.79 Å². The zero-order valence-electron chi connectivity index (χ0n) is 19.8. The van der Waals surface area contributed by atoms with Gasteiger partial charge in [0.2, 0.25) is 11.0 Å². The van der Waals surface area contributed by atoms with Gasteiger partial charge in [-0.05, 0) is 43.5 Å². The summed E-state index contributed by atoms with van der Waals surface area (Å²) >= 11 is 1.29. The van der Waals surface area contributed by atoms with E-state index >= 15 is 0 Å². The maximum atomic E-state index is 13.2. The van der Waals surface area contributed by atoms with Crippen LogP contribution in [0.15, 0.2) is 72.8 Å². The number of nitrogens with one attached hydrogen (secondary N) is 3. The first kappa shape index (κ1) is 24.1. The summed E-state index contributed by atoms with van der Waals surface area (Å²) < 4.78 is 0. The number of aromatic nitrogens is 2. The molecule has 0 aliphatic heterocycles. The van der Waals surface area contributed by atoms with Gasteiger partial charge in [0.25, 0.3) is 0 Å². The molecule has 1 atom stereocenters. The molecule has 3 N–H and O–H groups in total. The molecule has 0 bridgehead atoms. The molecule has 0 radical (unpaired) electrons. The minimum Gasteiger partial charge on any atom is -0.326 e. The van der Waals surface area contributed by atoms with Crippen molar-refractivity contribution in [3.05, 3.63) is 95.1 Å². The van der Waals surface area contributed by atoms with E-state index in [1.54, 1.807) is 0 Å². The zero-order valence-corrected chi connectivity index (χ0v) is 20.6. The van der Waals surface area contributed by atoms with E-state index in [4.69, 9.17) is 0 Å². The highest BCUT2D eigenvalue weighted by atomic mass is 32.1. The lowest BCUT2D eigenvalue weighted by atomic mass is 10.1. The number of anilines is 2. The van der Waals surface area contributed by atoms with Crippen molar-refractivity contribution in [2.45, 2.75) is 33.2 Å². The van der Waals surface area contributed by atoms with Crippen LogP contribution in [0.2, 0.25) is 0 Å². The molecule has 7 nitrogen and oxygen atoms in total. The molecule has 0 saturated heterocycles. The molecule has 0 unspecified atom stereocenters. The van der Waals surface area contributed by atoms with Gasteiger partial charge in [0.1, 0.15) is 11.0 Å². The number of carbonyl (C=O) groups is 2. The Morgan fingerprint density at radius 2 is 1.57 bits per heavy atom. The molecule has 3 aromatic carbocycles. The van der Waals surface area contributed by atoms with Gasteiger partial charge in [-0.2, -0.15) is 0 Å². The fourth-order valence-electron chi connectivity index (χ4n) is 3.74. The van der Waals surface area contributed by atoms with Gasteiger partial charge in [0.15, 0.2) is 0 Å². The maximum Gasteiger partial charge on any atom is 0.319 e. The van der Waals surface area contributed by atoms with Crippen LogP contribution in [-0.4, -0.2) is 28.2 Å². The fourth-order valence-corrected chi connectivity index (χ4v) is 4.48. The van der Waals surface area contributed by atoms with E-state index in [0.717, 1.165) is 33.5 Å². The van der Waals surface area contributed by atoms with Crippen LogP contribution in [-0.2, 0) is 11.2 Å². The third kappa shape index (κ3) is 6.30. The largest absolute Gasteiger partial charge is 0.326 e. The minimum atomic E-state index is -0.812. The van der Waals surface area contributed by atoms with E-state index in [0.29, 0.717) is 16.6 Å². The van der Waals surface area contributed by atoms with Gasteiger partial charge in [-0.15, -0.1) is 10.2 Å². The molecule has 0 spiro atoms. The second kappa shape index (κ2) is 10.9. The van der Waals surface area contributed by atoms with Crippen molar-refractivity contribution in [3.63, 3.8) is 0 Å². The van der Waals surface area contributed by atoms with E-state index in [9.17, 15) is 9.59 Å². The van der Waals surface area contributed by atoms with Crippen LogP contribution in [0.5, 0.6) is 0 Å². The number of rotatable bonds is 7. The summed E-state index contributed by atoms with van der Waals surface area (Å²) in [6.45, 7) is 5.87. The van der Waals surface area contributed by atoms with Crippen molar-refractivity contribution in [2.75, 3.05) is 10.6 Å². The molecule has 0 saturated carbocycles. The quantitative estimate of drug-likeness (QED) is 0.322. The normalized spacial score (nSPS) is 11.5. The number of benzene rings is 3. The molecular weight excluding hydrogens is 458 g/mol. The third-order valence-corrected chi connectivity index (χ3v) is 6.43. The number of urea groups is 1. The lowest BCUT2D eigenvalue weighted by Gasteiger charge is -2.19. The number of hydrogen-bond acceptors (Lipinski definition) is 5.